The molecule has 1 unspecified atom stereocenters. The first-order valence-electron chi connectivity index (χ1n) is 9.72. The Kier molecular flexibility index (Phi) is 5.97. The van der Waals surface area contributed by atoms with Crippen LogP contribution in [0.15, 0.2) is 47.0 Å². The first-order valence-corrected chi connectivity index (χ1v) is 9.72. The molecule has 0 bridgehead atoms. The molecule has 5 nitrogen and oxygen atoms in total. The van der Waals surface area contributed by atoms with Crippen LogP contribution >= 0.6 is 0 Å². The van der Waals surface area contributed by atoms with E-state index in [1.54, 1.807) is 20.1 Å². The number of carbonyl (C=O) groups is 1. The van der Waals surface area contributed by atoms with Crippen LogP contribution in [0.1, 0.15) is 55.9 Å². The van der Waals surface area contributed by atoms with E-state index in [0.717, 1.165) is 11.1 Å². The summed E-state index contributed by atoms with van der Waals surface area (Å²) in [7, 11) is 1.57. The second kappa shape index (κ2) is 8.30. The van der Waals surface area contributed by atoms with Crippen LogP contribution in [-0.4, -0.2) is 23.2 Å². The van der Waals surface area contributed by atoms with Gasteiger partial charge in [0.1, 0.15) is 17.3 Å². The predicted octanol–water partition coefficient (Wildman–Crippen LogP) is 5.70. The lowest BCUT2D eigenvalue weighted by Crippen LogP contribution is -2.11. The van der Waals surface area contributed by atoms with Crippen molar-refractivity contribution in [1.82, 2.24) is 4.98 Å². The smallest absolute Gasteiger partial charge is 0.304 e. The van der Waals surface area contributed by atoms with Gasteiger partial charge in [-0.25, -0.2) is 9.37 Å². The maximum atomic E-state index is 14.7. The molecule has 1 heterocycles. The Hall–Kier alpha value is -3.15. The summed E-state index contributed by atoms with van der Waals surface area (Å²) >= 11 is 0. The Labute approximate surface area is 175 Å². The molecule has 3 rings (SSSR count). The molecule has 1 aromatic heterocycles. The second-order valence-corrected chi connectivity index (χ2v) is 8.40. The molecule has 0 fully saturated rings. The van der Waals surface area contributed by atoms with Crippen LogP contribution in [0.5, 0.6) is 5.75 Å². The molecule has 3 aromatic rings. The van der Waals surface area contributed by atoms with E-state index in [-0.39, 0.29) is 17.7 Å². The maximum absolute atomic E-state index is 14.7. The van der Waals surface area contributed by atoms with Crippen LogP contribution in [0, 0.1) is 12.7 Å². The number of carboxylic acids is 1. The normalized spacial score (nSPS) is 12.6. The highest BCUT2D eigenvalue weighted by Crippen LogP contribution is 2.37. The summed E-state index contributed by atoms with van der Waals surface area (Å²) in [5, 5.41) is 9.39. The average molecular weight is 411 g/mol. The van der Waals surface area contributed by atoms with Gasteiger partial charge in [0.2, 0.25) is 5.89 Å². The topological polar surface area (TPSA) is 72.6 Å². The van der Waals surface area contributed by atoms with Gasteiger partial charge in [0, 0.05) is 5.56 Å². The van der Waals surface area contributed by atoms with E-state index in [0.29, 0.717) is 22.6 Å². The molecule has 2 aromatic carbocycles. The third kappa shape index (κ3) is 4.70. The van der Waals surface area contributed by atoms with Gasteiger partial charge in [-0.15, -0.1) is 0 Å². The highest BCUT2D eigenvalue weighted by Gasteiger charge is 2.25. The molecule has 0 aliphatic carbocycles. The van der Waals surface area contributed by atoms with Crippen LogP contribution in [-0.2, 0) is 10.2 Å². The van der Waals surface area contributed by atoms with Crippen LogP contribution < -0.4 is 4.74 Å². The lowest BCUT2D eigenvalue weighted by molar-refractivity contribution is -0.137. The number of aromatic nitrogens is 1. The molecule has 1 atom stereocenters. The third-order valence-electron chi connectivity index (χ3n) is 5.01. The van der Waals surface area contributed by atoms with E-state index in [1.807, 2.05) is 18.2 Å². The van der Waals surface area contributed by atoms with E-state index in [1.165, 1.54) is 18.3 Å². The van der Waals surface area contributed by atoms with Crippen molar-refractivity contribution in [3.8, 4) is 16.9 Å². The number of aliphatic carboxylic acids is 1. The average Bonchev–Trinajstić information content (AvgIpc) is 3.10. The van der Waals surface area contributed by atoms with Crippen molar-refractivity contribution in [3.63, 3.8) is 0 Å². The number of rotatable bonds is 6. The zero-order valence-corrected chi connectivity index (χ0v) is 17.8. The molecule has 0 radical (unpaired) electrons. The van der Waals surface area contributed by atoms with Crippen LogP contribution in [0.25, 0.3) is 11.1 Å². The Balaban J connectivity index is 2.16. The molecular formula is C24H26FNO4. The number of hydrogen-bond acceptors (Lipinski definition) is 4. The quantitative estimate of drug-likeness (QED) is 0.563. The maximum Gasteiger partial charge on any atom is 0.304 e. The van der Waals surface area contributed by atoms with Gasteiger partial charge >= 0.3 is 5.97 Å². The molecule has 6 heteroatoms. The zero-order chi connectivity index (χ0) is 22.1. The summed E-state index contributed by atoms with van der Waals surface area (Å²) in [6.07, 6.45) is 1.27. The predicted molar refractivity (Wildman–Crippen MR) is 112 cm³/mol. The minimum atomic E-state index is -1.02. The van der Waals surface area contributed by atoms with Crippen molar-refractivity contribution >= 4 is 5.97 Å². The standard InChI is InChI=1S/C24H26FNO4/c1-14-13-26-23(30-14)20(12-22(27)28)16-8-15(9-18(25)10-16)19-11-17(24(2,3)4)6-7-21(19)29-5/h6-11,13,20H,12H2,1-5H3,(H,27,28). The molecule has 158 valence electrons. The fourth-order valence-corrected chi connectivity index (χ4v) is 3.42. The zero-order valence-electron chi connectivity index (χ0n) is 17.8. The first kappa shape index (κ1) is 21.6. The Morgan fingerprint density at radius 3 is 2.53 bits per heavy atom. The summed E-state index contributed by atoms with van der Waals surface area (Å²) in [6, 6.07) is 10.4. The van der Waals surface area contributed by atoms with Crippen LogP contribution in [0.4, 0.5) is 4.39 Å². The van der Waals surface area contributed by atoms with Gasteiger partial charge in [-0.3, -0.25) is 4.79 Å². The molecule has 0 aliphatic heterocycles. The lowest BCUT2D eigenvalue weighted by Gasteiger charge is -2.22. The highest BCUT2D eigenvalue weighted by molar-refractivity contribution is 5.73. The van der Waals surface area contributed by atoms with Gasteiger partial charge in [0.15, 0.2) is 0 Å². The molecule has 30 heavy (non-hydrogen) atoms. The molecule has 0 saturated carbocycles. The number of benzene rings is 2. The van der Waals surface area contributed by atoms with Crippen molar-refractivity contribution in [2.24, 2.45) is 0 Å². The van der Waals surface area contributed by atoms with Gasteiger partial charge in [-0.1, -0.05) is 26.8 Å². The molecule has 1 N–H and O–H groups in total. The molecule has 0 saturated heterocycles. The Bertz CT molecular complexity index is 1070. The Morgan fingerprint density at radius 2 is 1.97 bits per heavy atom. The third-order valence-corrected chi connectivity index (χ3v) is 5.01. The van der Waals surface area contributed by atoms with E-state index in [9.17, 15) is 14.3 Å². The summed E-state index contributed by atoms with van der Waals surface area (Å²) in [6.45, 7) is 8.03. The van der Waals surface area contributed by atoms with E-state index < -0.39 is 17.7 Å². The first-order chi connectivity index (χ1) is 14.1. The molecule has 0 aliphatic rings. The minimum Gasteiger partial charge on any atom is -0.496 e. The minimum absolute atomic E-state index is 0.0986. The molecule has 0 spiro atoms. The van der Waals surface area contributed by atoms with E-state index in [4.69, 9.17) is 9.15 Å². The largest absolute Gasteiger partial charge is 0.496 e. The van der Waals surface area contributed by atoms with Gasteiger partial charge in [-0.2, -0.15) is 0 Å². The monoisotopic (exact) mass is 411 g/mol. The fourth-order valence-electron chi connectivity index (χ4n) is 3.42. The summed E-state index contributed by atoms with van der Waals surface area (Å²) in [5.74, 6) is -0.763. The van der Waals surface area contributed by atoms with Gasteiger partial charge in [0.05, 0.1) is 25.6 Å². The van der Waals surface area contributed by atoms with Crippen molar-refractivity contribution in [2.45, 2.75) is 45.4 Å². The van der Waals surface area contributed by atoms with Crippen LogP contribution in [0.3, 0.4) is 0 Å². The lowest BCUT2D eigenvalue weighted by atomic mass is 9.84. The van der Waals surface area contributed by atoms with Crippen molar-refractivity contribution in [1.29, 1.82) is 0 Å². The summed E-state index contributed by atoms with van der Waals surface area (Å²) in [5.41, 5.74) is 2.81. The second-order valence-electron chi connectivity index (χ2n) is 8.40. The van der Waals surface area contributed by atoms with Gasteiger partial charge < -0.3 is 14.3 Å². The van der Waals surface area contributed by atoms with Crippen molar-refractivity contribution < 1.29 is 23.4 Å². The van der Waals surface area contributed by atoms with E-state index in [2.05, 4.69) is 25.8 Å². The number of hydrogen-bond donors (Lipinski definition) is 1. The molecular weight excluding hydrogens is 385 g/mol. The number of carboxylic acid groups (broad SMARTS) is 1. The molecule has 0 amide bonds. The SMILES string of the molecule is COc1ccc(C(C)(C)C)cc1-c1cc(F)cc(C(CC(=O)O)c2ncc(C)o2)c1. The summed E-state index contributed by atoms with van der Waals surface area (Å²) in [4.78, 5) is 15.7. The number of aryl methyl sites for hydroxylation is 1. The number of ether oxygens (including phenoxy) is 1. The van der Waals surface area contributed by atoms with Crippen LogP contribution in [0.2, 0.25) is 0 Å². The summed E-state index contributed by atoms with van der Waals surface area (Å²) < 4.78 is 25.7. The fraction of sp³-hybridized carbons (Fsp3) is 0.333. The van der Waals surface area contributed by atoms with Crippen molar-refractivity contribution in [3.05, 3.63) is 71.2 Å². The number of halogens is 1. The van der Waals surface area contributed by atoms with Gasteiger partial charge in [0.25, 0.3) is 0 Å². The highest BCUT2D eigenvalue weighted by atomic mass is 19.1. The Morgan fingerprint density at radius 1 is 1.23 bits per heavy atom. The van der Waals surface area contributed by atoms with Crippen molar-refractivity contribution in [2.75, 3.05) is 7.11 Å². The van der Waals surface area contributed by atoms with E-state index >= 15 is 0 Å². The van der Waals surface area contributed by atoms with Gasteiger partial charge in [-0.05, 0) is 59.4 Å². The number of methoxy groups -OCH3 is 1. The number of oxazole rings is 1. The number of nitrogens with zero attached hydrogens (tertiary/aromatic N) is 1.